The molecular weight excluding hydrogens is 344 g/mol. The number of nitrogens with zero attached hydrogens (tertiary/aromatic N) is 3. The van der Waals surface area contributed by atoms with Crippen LogP contribution >= 0.6 is 24.2 Å². The maximum absolute atomic E-state index is 13.7. The van der Waals surface area contributed by atoms with Gasteiger partial charge in [-0.2, -0.15) is 16.9 Å². The van der Waals surface area contributed by atoms with Crippen LogP contribution in [-0.4, -0.2) is 57.3 Å². The molecule has 24 heavy (non-hydrogen) atoms. The van der Waals surface area contributed by atoms with Crippen molar-refractivity contribution >= 4 is 30.1 Å². The van der Waals surface area contributed by atoms with Crippen molar-refractivity contribution in [3.05, 3.63) is 18.5 Å². The van der Waals surface area contributed by atoms with Crippen LogP contribution in [0.3, 0.4) is 0 Å². The molecule has 7 heteroatoms. The zero-order chi connectivity index (χ0) is 15.7. The third-order valence-electron chi connectivity index (χ3n) is 5.76. The van der Waals surface area contributed by atoms with Gasteiger partial charge in [0, 0.05) is 36.0 Å². The number of hydrogen-bond acceptors (Lipinski definition) is 4. The summed E-state index contributed by atoms with van der Waals surface area (Å²) in [4.78, 5) is 15.9. The quantitative estimate of drug-likeness (QED) is 0.867. The van der Waals surface area contributed by atoms with E-state index in [1.165, 1.54) is 25.7 Å². The van der Waals surface area contributed by atoms with Crippen molar-refractivity contribution in [1.29, 1.82) is 0 Å². The number of nitrogens with one attached hydrogen (secondary N) is 1. The lowest BCUT2D eigenvalue weighted by Gasteiger charge is -2.48. The molecule has 2 atom stereocenters. The maximum Gasteiger partial charge on any atom is 0.250 e. The van der Waals surface area contributed by atoms with Crippen molar-refractivity contribution in [2.45, 2.75) is 55.4 Å². The van der Waals surface area contributed by atoms with Gasteiger partial charge in [0.15, 0.2) is 0 Å². The van der Waals surface area contributed by atoms with Crippen LogP contribution in [0, 0.1) is 0 Å². The molecule has 1 amide bonds. The second kappa shape index (κ2) is 7.67. The van der Waals surface area contributed by atoms with E-state index in [1.807, 2.05) is 16.9 Å². The molecule has 2 aliphatic heterocycles. The summed E-state index contributed by atoms with van der Waals surface area (Å²) in [6.45, 7) is 2.69. The van der Waals surface area contributed by atoms with Gasteiger partial charge in [0.2, 0.25) is 0 Å². The van der Waals surface area contributed by atoms with Crippen LogP contribution in [0.25, 0.3) is 0 Å². The first-order chi connectivity index (χ1) is 11.3. The van der Waals surface area contributed by atoms with E-state index in [9.17, 15) is 4.79 Å². The Morgan fingerprint density at radius 2 is 2.04 bits per heavy atom. The van der Waals surface area contributed by atoms with Crippen molar-refractivity contribution in [3.8, 4) is 0 Å². The zero-order valence-corrected chi connectivity index (χ0v) is 15.7. The monoisotopic (exact) mass is 370 g/mol. The molecule has 0 spiro atoms. The Kier molecular flexibility index (Phi) is 5.78. The zero-order valence-electron chi connectivity index (χ0n) is 14.0. The summed E-state index contributed by atoms with van der Waals surface area (Å²) in [5, 5.41) is 8.52. The number of halogens is 1. The largest absolute Gasteiger partial charge is 0.336 e. The molecule has 4 rings (SSSR count). The van der Waals surface area contributed by atoms with Crippen LogP contribution < -0.4 is 5.32 Å². The molecule has 1 saturated carbocycles. The molecule has 1 aromatic heterocycles. The van der Waals surface area contributed by atoms with Crippen molar-refractivity contribution < 1.29 is 4.79 Å². The highest BCUT2D eigenvalue weighted by Crippen LogP contribution is 2.39. The smallest absolute Gasteiger partial charge is 0.250 e. The number of hydrogen-bond donors (Lipinski definition) is 1. The third-order valence-corrected chi connectivity index (χ3v) is 7.16. The van der Waals surface area contributed by atoms with Crippen molar-refractivity contribution in [3.63, 3.8) is 0 Å². The van der Waals surface area contributed by atoms with E-state index in [4.69, 9.17) is 0 Å². The van der Waals surface area contributed by atoms with Gasteiger partial charge in [0.1, 0.15) is 5.54 Å². The summed E-state index contributed by atoms with van der Waals surface area (Å²) in [6, 6.07) is 2.38. The van der Waals surface area contributed by atoms with E-state index >= 15 is 0 Å². The predicted octanol–water partition coefficient (Wildman–Crippen LogP) is 2.27. The highest BCUT2D eigenvalue weighted by molar-refractivity contribution is 8.00. The highest BCUT2D eigenvalue weighted by atomic mass is 35.5. The number of carbonyl (C=O) groups is 1. The van der Waals surface area contributed by atoms with E-state index in [0.29, 0.717) is 17.2 Å². The first-order valence-electron chi connectivity index (χ1n) is 8.95. The fourth-order valence-corrected chi connectivity index (χ4v) is 5.96. The molecular formula is C17H27ClN4OS. The molecule has 134 valence electrons. The summed E-state index contributed by atoms with van der Waals surface area (Å²) in [6.07, 6.45) is 10.5. The Morgan fingerprint density at radius 3 is 2.79 bits per heavy atom. The Labute approximate surface area is 154 Å². The molecule has 2 saturated heterocycles. The molecule has 3 aliphatic rings. The van der Waals surface area contributed by atoms with E-state index in [1.54, 1.807) is 6.20 Å². The molecule has 3 heterocycles. The average Bonchev–Trinajstić information content (AvgIpc) is 3.16. The van der Waals surface area contributed by atoms with Crippen LogP contribution in [0.15, 0.2) is 18.5 Å². The second-order valence-corrected chi connectivity index (χ2v) is 8.34. The third kappa shape index (κ3) is 3.08. The van der Waals surface area contributed by atoms with Crippen LogP contribution in [0.1, 0.15) is 38.5 Å². The molecule has 3 fully saturated rings. The first-order valence-corrected chi connectivity index (χ1v) is 10.00. The van der Waals surface area contributed by atoms with Crippen molar-refractivity contribution in [2.75, 3.05) is 25.4 Å². The van der Waals surface area contributed by atoms with E-state index < -0.39 is 5.54 Å². The average molecular weight is 371 g/mol. The van der Waals surface area contributed by atoms with Crippen molar-refractivity contribution in [1.82, 2.24) is 20.0 Å². The van der Waals surface area contributed by atoms with Gasteiger partial charge in [-0.05, 0) is 44.8 Å². The summed E-state index contributed by atoms with van der Waals surface area (Å²) in [7, 11) is 0. The minimum Gasteiger partial charge on any atom is -0.336 e. The summed E-state index contributed by atoms with van der Waals surface area (Å²) >= 11 is 2.08. The number of amides is 1. The Morgan fingerprint density at radius 1 is 1.25 bits per heavy atom. The van der Waals surface area contributed by atoms with Gasteiger partial charge >= 0.3 is 0 Å². The van der Waals surface area contributed by atoms with Crippen LogP contribution in [-0.2, 0) is 10.3 Å². The molecule has 0 aromatic carbocycles. The van der Waals surface area contributed by atoms with Gasteiger partial charge < -0.3 is 10.2 Å². The normalized spacial score (nSPS) is 29.4. The fraction of sp³-hybridized carbons (Fsp3) is 0.765. The standard InChI is InChI=1S/C17H26N4OS.ClH/c22-16(20-12-13-23-15-5-2-1-4-14(15)20)17(6-9-18-10-7-17)21-11-3-8-19-21;/h3,8,11,14-15,18H,1-2,4-7,9-10,12-13H2;1H. The van der Waals surface area contributed by atoms with E-state index in [-0.39, 0.29) is 12.4 Å². The molecule has 0 bridgehead atoms. The number of carbonyl (C=O) groups excluding carboxylic acids is 1. The van der Waals surface area contributed by atoms with Crippen LogP contribution in [0.5, 0.6) is 0 Å². The van der Waals surface area contributed by atoms with E-state index in [0.717, 1.165) is 38.2 Å². The van der Waals surface area contributed by atoms with Gasteiger partial charge in [-0.1, -0.05) is 12.8 Å². The molecule has 1 aliphatic carbocycles. The first kappa shape index (κ1) is 18.1. The van der Waals surface area contributed by atoms with Crippen molar-refractivity contribution in [2.24, 2.45) is 0 Å². The Hall–Kier alpha value is -0.720. The summed E-state index contributed by atoms with van der Waals surface area (Å²) in [5.74, 6) is 1.40. The molecule has 5 nitrogen and oxygen atoms in total. The topological polar surface area (TPSA) is 50.2 Å². The van der Waals surface area contributed by atoms with Gasteiger partial charge in [-0.3, -0.25) is 9.48 Å². The minimum atomic E-state index is -0.473. The summed E-state index contributed by atoms with van der Waals surface area (Å²) in [5.41, 5.74) is -0.473. The van der Waals surface area contributed by atoms with Gasteiger partial charge in [-0.25, -0.2) is 0 Å². The number of rotatable bonds is 2. The van der Waals surface area contributed by atoms with Crippen LogP contribution in [0.2, 0.25) is 0 Å². The SMILES string of the molecule is Cl.O=C(N1CCSC2CCCCC21)C1(n2cccn2)CCNCC1. The molecule has 1 N–H and O–H groups in total. The predicted molar refractivity (Wildman–Crippen MR) is 99.8 cm³/mol. The maximum atomic E-state index is 13.7. The van der Waals surface area contributed by atoms with E-state index in [2.05, 4.69) is 27.1 Å². The lowest BCUT2D eigenvalue weighted by molar-refractivity contribution is -0.146. The lowest BCUT2D eigenvalue weighted by atomic mass is 9.84. The number of piperidine rings is 1. The molecule has 0 radical (unpaired) electrons. The molecule has 2 unspecified atom stereocenters. The fourth-order valence-electron chi connectivity index (χ4n) is 4.52. The van der Waals surface area contributed by atoms with Crippen LogP contribution in [0.4, 0.5) is 0 Å². The Balaban J connectivity index is 0.00000169. The van der Waals surface area contributed by atoms with Gasteiger partial charge in [0.05, 0.1) is 0 Å². The second-order valence-electron chi connectivity index (χ2n) is 6.99. The minimum absolute atomic E-state index is 0. The van der Waals surface area contributed by atoms with Gasteiger partial charge in [-0.15, -0.1) is 12.4 Å². The number of fused-ring (bicyclic) bond motifs is 1. The summed E-state index contributed by atoms with van der Waals surface area (Å²) < 4.78 is 1.94. The molecule has 1 aromatic rings. The Bertz CT molecular complexity index is 545. The van der Waals surface area contributed by atoms with Gasteiger partial charge in [0.25, 0.3) is 5.91 Å². The number of aromatic nitrogens is 2. The lowest BCUT2D eigenvalue weighted by Crippen LogP contribution is -2.61. The number of thioether (sulfide) groups is 1. The highest BCUT2D eigenvalue weighted by Gasteiger charge is 2.48.